The molecule has 2 rings (SSSR count). The molecule has 104 valence electrons. The van der Waals surface area contributed by atoms with Crippen molar-refractivity contribution in [2.75, 3.05) is 13.2 Å². The molecule has 1 heterocycles. The van der Waals surface area contributed by atoms with Gasteiger partial charge in [-0.1, -0.05) is 0 Å². The lowest BCUT2D eigenvalue weighted by molar-refractivity contribution is -0.670. The molecule has 0 radical (unpaired) electrons. The lowest BCUT2D eigenvalue weighted by Crippen LogP contribution is -2.86. The maximum absolute atomic E-state index is 12.1. The molecule has 0 saturated carbocycles. The van der Waals surface area contributed by atoms with E-state index in [0.717, 1.165) is 17.1 Å². The number of benzene rings is 1. The minimum atomic E-state index is -0.196. The highest BCUT2D eigenvalue weighted by Crippen LogP contribution is 2.23. The van der Waals surface area contributed by atoms with Gasteiger partial charge in [-0.3, -0.25) is 0 Å². The molecule has 1 aliphatic rings. The lowest BCUT2D eigenvalue weighted by atomic mass is 10.2. The summed E-state index contributed by atoms with van der Waals surface area (Å²) in [5, 5.41) is 2.35. The minimum Gasteiger partial charge on any atom is -0.462 e. The second-order valence-corrected chi connectivity index (χ2v) is 8.09. The van der Waals surface area contributed by atoms with E-state index in [9.17, 15) is 4.79 Å². The topological polar surface area (TPSA) is 42.9 Å². The van der Waals surface area contributed by atoms with E-state index in [1.54, 1.807) is 0 Å². The Balaban J connectivity index is 1.92. The summed E-state index contributed by atoms with van der Waals surface area (Å²) >= 11 is 6.69. The summed E-state index contributed by atoms with van der Waals surface area (Å²) in [6.45, 7) is 1.74. The number of hydrogen-bond acceptors (Lipinski definition) is 2. The maximum atomic E-state index is 12.1. The van der Waals surface area contributed by atoms with Crippen molar-refractivity contribution in [2.24, 2.45) is 0 Å². The zero-order valence-corrected chi connectivity index (χ0v) is 16.8. The van der Waals surface area contributed by atoms with E-state index in [1.165, 1.54) is 19.4 Å². The molecule has 0 amide bonds. The number of nitrogens with two attached hydrogens (primary N) is 1. The van der Waals surface area contributed by atoms with Gasteiger partial charge in [0.1, 0.15) is 0 Å². The van der Waals surface area contributed by atoms with Crippen LogP contribution in [0.25, 0.3) is 0 Å². The average Bonchev–Trinajstić information content (AvgIpc) is 2.86. The van der Waals surface area contributed by atoms with Gasteiger partial charge in [-0.15, -0.1) is 0 Å². The molecule has 1 aliphatic heterocycles. The summed E-state index contributed by atoms with van der Waals surface area (Å²) < 4.78 is 8.56. The molecular formula is C13H15I3NO2+. The fourth-order valence-electron chi connectivity index (χ4n) is 2.20. The molecule has 3 nitrogen and oxygen atoms in total. The van der Waals surface area contributed by atoms with Crippen molar-refractivity contribution in [3.8, 4) is 0 Å². The monoisotopic (exact) mass is 598 g/mol. The molecule has 6 heteroatoms. The molecule has 19 heavy (non-hydrogen) atoms. The number of carbonyl (C=O) groups excluding carboxylic acids is 1. The summed E-state index contributed by atoms with van der Waals surface area (Å²) in [5.74, 6) is -0.196. The highest BCUT2D eigenvalue weighted by atomic mass is 127. The Morgan fingerprint density at radius 2 is 2.16 bits per heavy atom. The van der Waals surface area contributed by atoms with Crippen LogP contribution in [0.1, 0.15) is 29.6 Å². The number of ether oxygens (including phenoxy) is 1. The van der Waals surface area contributed by atoms with Gasteiger partial charge in [0.2, 0.25) is 0 Å². The van der Waals surface area contributed by atoms with Crippen molar-refractivity contribution >= 4 is 73.7 Å². The van der Waals surface area contributed by atoms with Gasteiger partial charge in [0.25, 0.3) is 0 Å². The largest absolute Gasteiger partial charge is 0.462 e. The van der Waals surface area contributed by atoms with Gasteiger partial charge in [0, 0.05) is 30.0 Å². The van der Waals surface area contributed by atoms with Gasteiger partial charge >= 0.3 is 5.97 Å². The predicted molar refractivity (Wildman–Crippen MR) is 99.3 cm³/mol. The fraction of sp³-hybridized carbons (Fsp3) is 0.462. The van der Waals surface area contributed by atoms with Gasteiger partial charge < -0.3 is 10.1 Å². The lowest BCUT2D eigenvalue weighted by Gasteiger charge is -2.10. The van der Waals surface area contributed by atoms with E-state index in [0.29, 0.717) is 18.2 Å². The van der Waals surface area contributed by atoms with Crippen LogP contribution in [-0.2, 0) is 4.74 Å². The molecular weight excluding hydrogens is 583 g/mol. The number of carbonyl (C=O) groups is 1. The van der Waals surface area contributed by atoms with Crippen LogP contribution >= 0.6 is 67.8 Å². The number of esters is 1. The van der Waals surface area contributed by atoms with Crippen LogP contribution in [-0.4, -0.2) is 25.2 Å². The molecule has 0 aliphatic carbocycles. The fourth-order valence-corrected chi connectivity index (χ4v) is 4.58. The van der Waals surface area contributed by atoms with Crippen molar-refractivity contribution in [1.82, 2.24) is 0 Å². The van der Waals surface area contributed by atoms with E-state index in [4.69, 9.17) is 4.74 Å². The van der Waals surface area contributed by atoms with Gasteiger partial charge in [-0.25, -0.2) is 4.79 Å². The number of halogens is 3. The van der Waals surface area contributed by atoms with Crippen LogP contribution < -0.4 is 5.32 Å². The first-order chi connectivity index (χ1) is 9.08. The zero-order valence-electron chi connectivity index (χ0n) is 10.3. The van der Waals surface area contributed by atoms with Crippen molar-refractivity contribution in [3.05, 3.63) is 28.4 Å². The van der Waals surface area contributed by atoms with Crippen molar-refractivity contribution in [3.63, 3.8) is 0 Å². The summed E-state index contributed by atoms with van der Waals surface area (Å²) in [7, 11) is 0. The molecule has 1 fully saturated rings. The third-order valence-electron chi connectivity index (χ3n) is 3.21. The number of rotatable bonds is 4. The number of quaternary nitrogens is 1. The van der Waals surface area contributed by atoms with Gasteiger partial charge in [-0.05, 0) is 79.9 Å². The Bertz CT molecular complexity index is 473. The van der Waals surface area contributed by atoms with Crippen molar-refractivity contribution in [2.45, 2.75) is 25.3 Å². The first kappa shape index (κ1) is 16.2. The van der Waals surface area contributed by atoms with E-state index < -0.39 is 0 Å². The third-order valence-corrected chi connectivity index (χ3v) is 6.88. The Hall–Kier alpha value is 0.840. The first-order valence-corrected chi connectivity index (χ1v) is 9.46. The molecule has 1 unspecified atom stereocenters. The van der Waals surface area contributed by atoms with Crippen LogP contribution in [0.3, 0.4) is 0 Å². The van der Waals surface area contributed by atoms with Gasteiger partial charge in [-0.2, -0.15) is 0 Å². The second kappa shape index (κ2) is 7.74. The highest BCUT2D eigenvalue weighted by molar-refractivity contribution is 14.1. The molecule has 0 spiro atoms. The standard InChI is InChI=1S/C13H14I3NO2/c14-8-6-10(12(16)11(15)7-8)13(18)19-5-3-9-2-1-4-17-9/h6-7,9,17H,1-5H2/p+1. The molecule has 1 saturated heterocycles. The predicted octanol–water partition coefficient (Wildman–Crippen LogP) is 2.77. The smallest absolute Gasteiger partial charge is 0.339 e. The van der Waals surface area contributed by atoms with E-state index in [2.05, 4.69) is 79.2 Å². The molecule has 0 bridgehead atoms. The summed E-state index contributed by atoms with van der Waals surface area (Å²) in [4.78, 5) is 12.1. The number of hydrogen-bond donors (Lipinski definition) is 1. The summed E-state index contributed by atoms with van der Waals surface area (Å²) in [6.07, 6.45) is 3.49. The SMILES string of the molecule is O=C(OCCC1CCC[NH2+]1)c1cc(I)cc(I)c1I. The minimum absolute atomic E-state index is 0.196. The van der Waals surface area contributed by atoms with Crippen molar-refractivity contribution < 1.29 is 14.8 Å². The zero-order chi connectivity index (χ0) is 13.8. The van der Waals surface area contributed by atoms with Crippen LogP contribution in [0, 0.1) is 10.7 Å². The van der Waals surface area contributed by atoms with Crippen molar-refractivity contribution in [1.29, 1.82) is 0 Å². The molecule has 0 aromatic heterocycles. The average molecular weight is 598 g/mol. The van der Waals surface area contributed by atoms with Gasteiger partial charge in [0.15, 0.2) is 0 Å². The maximum Gasteiger partial charge on any atom is 0.339 e. The Labute approximate surface area is 154 Å². The third kappa shape index (κ3) is 4.67. The second-order valence-electron chi connectivity index (χ2n) is 4.60. The van der Waals surface area contributed by atoms with Gasteiger partial charge in [0.05, 0.1) is 24.8 Å². The quantitative estimate of drug-likeness (QED) is 0.330. The molecule has 1 aromatic rings. The summed E-state index contributed by atoms with van der Waals surface area (Å²) in [6, 6.07) is 4.60. The van der Waals surface area contributed by atoms with E-state index in [-0.39, 0.29) is 5.97 Å². The Kier molecular flexibility index (Phi) is 6.60. The van der Waals surface area contributed by atoms with Crippen LogP contribution in [0.2, 0.25) is 0 Å². The first-order valence-electron chi connectivity index (χ1n) is 6.23. The molecule has 2 N–H and O–H groups in total. The normalized spacial score (nSPS) is 18.6. The Morgan fingerprint density at radius 3 is 2.84 bits per heavy atom. The summed E-state index contributed by atoms with van der Waals surface area (Å²) in [5.41, 5.74) is 0.687. The molecule has 1 aromatic carbocycles. The van der Waals surface area contributed by atoms with Crippen LogP contribution in [0.15, 0.2) is 12.1 Å². The molecule has 1 atom stereocenters. The van der Waals surface area contributed by atoms with Crippen LogP contribution in [0.5, 0.6) is 0 Å². The van der Waals surface area contributed by atoms with E-state index in [1.807, 2.05) is 6.07 Å². The van der Waals surface area contributed by atoms with Crippen LogP contribution in [0.4, 0.5) is 0 Å². The highest BCUT2D eigenvalue weighted by Gasteiger charge is 2.19. The Morgan fingerprint density at radius 1 is 1.37 bits per heavy atom. The van der Waals surface area contributed by atoms with E-state index >= 15 is 0 Å².